The number of aromatic nitrogens is 1. The normalized spacial score (nSPS) is 17.5. The van der Waals surface area contributed by atoms with E-state index in [-0.39, 0.29) is 22.0 Å². The van der Waals surface area contributed by atoms with Crippen LogP contribution >= 0.6 is 47.5 Å². The highest BCUT2D eigenvalue weighted by molar-refractivity contribution is 8.02. The van der Waals surface area contributed by atoms with Gasteiger partial charge in [0.15, 0.2) is 0 Å². The Labute approximate surface area is 202 Å². The molecule has 2 aromatic rings. The van der Waals surface area contributed by atoms with E-state index < -0.39 is 23.2 Å². The fourth-order valence-electron chi connectivity index (χ4n) is 3.23. The number of thiocarbonyl (C=S) groups is 2. The zero-order chi connectivity index (χ0) is 23.0. The minimum Gasteiger partial charge on any atom is -0.388 e. The second kappa shape index (κ2) is 9.06. The first-order valence-corrected chi connectivity index (χ1v) is 12.0. The number of fused-ring (bicyclic) bond motifs is 1. The molecule has 4 rings (SSSR count). The number of rotatable bonds is 5. The summed E-state index contributed by atoms with van der Waals surface area (Å²) in [4.78, 5) is 49.6. The van der Waals surface area contributed by atoms with Gasteiger partial charge in [0, 0.05) is 16.2 Å². The Morgan fingerprint density at radius 1 is 1.34 bits per heavy atom. The maximum atomic E-state index is 13.0. The molecule has 0 radical (unpaired) electrons. The Balaban J connectivity index is 1.60. The number of hydroxylamine groups is 1. The molecule has 3 heterocycles. The number of benzene rings is 1. The third kappa shape index (κ3) is 4.18. The predicted molar refractivity (Wildman–Crippen MR) is 130 cm³/mol. The van der Waals surface area contributed by atoms with Crippen molar-refractivity contribution in [2.24, 2.45) is 5.73 Å². The van der Waals surface area contributed by atoms with Gasteiger partial charge in [0.1, 0.15) is 31.6 Å². The van der Waals surface area contributed by atoms with Crippen LogP contribution in [0, 0.1) is 6.92 Å². The van der Waals surface area contributed by atoms with E-state index in [1.165, 1.54) is 28.0 Å². The molecule has 1 fully saturated rings. The number of nitrogens with zero attached hydrogens (tertiary/aromatic N) is 2. The van der Waals surface area contributed by atoms with Gasteiger partial charge in [-0.05, 0) is 12.5 Å². The van der Waals surface area contributed by atoms with E-state index in [0.717, 1.165) is 10.4 Å². The van der Waals surface area contributed by atoms with Crippen LogP contribution in [0.15, 0.2) is 36.0 Å². The number of nitrogens with two attached hydrogens (primary N) is 1. The lowest BCUT2D eigenvalue weighted by Crippen LogP contribution is -2.61. The van der Waals surface area contributed by atoms with Crippen LogP contribution in [-0.4, -0.2) is 48.6 Å². The first-order valence-electron chi connectivity index (χ1n) is 9.31. The lowest BCUT2D eigenvalue weighted by Gasteiger charge is -2.44. The number of β-lactam (4-membered cyclic amide) rings is 1. The molecule has 1 aromatic heterocycles. The molecule has 1 saturated heterocycles. The van der Waals surface area contributed by atoms with Gasteiger partial charge in [0.25, 0.3) is 11.8 Å². The molecule has 1 aromatic carbocycles. The van der Waals surface area contributed by atoms with Crippen molar-refractivity contribution < 1.29 is 19.2 Å². The molecular weight excluding hydrogens is 489 g/mol. The van der Waals surface area contributed by atoms with Crippen molar-refractivity contribution in [2.45, 2.75) is 18.7 Å². The third-order valence-corrected chi connectivity index (χ3v) is 7.74. The molecule has 2 amide bonds. The standard InChI is InChI=1S/C20H16N4O4S4/c1-9-13(16(21)30)22-17(32-9)11-8-31-19-15(29)18(26)24(19)14(11)20(27)28-23-12(25)7-10-5-3-2-4-6-10/h2-6,19H,7-8H2,1H3,(H2,21,30)(H,23,25)/t19-/m0/s1. The monoisotopic (exact) mass is 504 g/mol. The average molecular weight is 505 g/mol. The van der Waals surface area contributed by atoms with Gasteiger partial charge < -0.3 is 10.6 Å². The molecule has 1 atom stereocenters. The van der Waals surface area contributed by atoms with Crippen molar-refractivity contribution in [1.82, 2.24) is 15.4 Å². The molecule has 3 N–H and O–H groups in total. The van der Waals surface area contributed by atoms with Gasteiger partial charge in [0.2, 0.25) is 0 Å². The van der Waals surface area contributed by atoms with Gasteiger partial charge in [0.05, 0.1) is 6.42 Å². The van der Waals surface area contributed by atoms with Gasteiger partial charge in [-0.15, -0.1) is 23.1 Å². The SMILES string of the molecule is Cc1sc(C2=C(C(=O)ONC(=O)Cc3ccccc3)N3C(=O)C(=S)[C@@H]3SC2)nc1C(N)=S. The van der Waals surface area contributed by atoms with Crippen molar-refractivity contribution in [3.8, 4) is 0 Å². The molecule has 0 unspecified atom stereocenters. The summed E-state index contributed by atoms with van der Waals surface area (Å²) in [5.74, 6) is -1.44. The molecule has 12 heteroatoms. The molecule has 32 heavy (non-hydrogen) atoms. The first kappa shape index (κ1) is 22.5. The summed E-state index contributed by atoms with van der Waals surface area (Å²) in [6.07, 6.45) is 0.0359. The molecule has 0 spiro atoms. The number of amides is 2. The Bertz CT molecular complexity index is 1190. The highest BCUT2D eigenvalue weighted by atomic mass is 32.2. The van der Waals surface area contributed by atoms with Crippen LogP contribution in [0.2, 0.25) is 0 Å². The largest absolute Gasteiger partial charge is 0.388 e. The maximum Gasteiger partial charge on any atom is 0.379 e. The lowest BCUT2D eigenvalue weighted by atomic mass is 10.1. The van der Waals surface area contributed by atoms with Crippen molar-refractivity contribution in [3.63, 3.8) is 0 Å². The van der Waals surface area contributed by atoms with Crippen molar-refractivity contribution in [3.05, 3.63) is 57.2 Å². The second-order valence-electron chi connectivity index (χ2n) is 6.90. The van der Waals surface area contributed by atoms with Gasteiger partial charge in [-0.2, -0.15) is 5.48 Å². The average Bonchev–Trinajstić information content (AvgIpc) is 3.18. The number of hydrogen-bond acceptors (Lipinski definition) is 9. The van der Waals surface area contributed by atoms with E-state index in [2.05, 4.69) is 10.5 Å². The summed E-state index contributed by atoms with van der Waals surface area (Å²) >= 11 is 12.9. The second-order valence-corrected chi connectivity index (χ2v) is 10.0. The number of hydrogen-bond donors (Lipinski definition) is 2. The fourth-order valence-corrected chi connectivity index (χ4v) is 6.17. The lowest BCUT2D eigenvalue weighted by molar-refractivity contribution is -0.156. The minimum atomic E-state index is -0.868. The first-order chi connectivity index (χ1) is 15.3. The van der Waals surface area contributed by atoms with Crippen LogP contribution < -0.4 is 11.2 Å². The van der Waals surface area contributed by atoms with Crippen LogP contribution in [-0.2, 0) is 25.6 Å². The van der Waals surface area contributed by atoms with E-state index in [9.17, 15) is 14.4 Å². The molecule has 8 nitrogen and oxygen atoms in total. The molecule has 0 aliphatic carbocycles. The number of nitrogens with one attached hydrogen (secondary N) is 1. The number of thioether (sulfide) groups is 1. The van der Waals surface area contributed by atoms with Crippen LogP contribution in [0.4, 0.5) is 0 Å². The van der Waals surface area contributed by atoms with Gasteiger partial charge >= 0.3 is 5.97 Å². The summed E-state index contributed by atoms with van der Waals surface area (Å²) in [5, 5.41) is 0.0735. The molecule has 2 aliphatic heterocycles. The maximum absolute atomic E-state index is 13.0. The van der Waals surface area contributed by atoms with Crippen molar-refractivity contribution in [2.75, 3.05) is 5.75 Å². The zero-order valence-corrected chi connectivity index (χ0v) is 19.9. The number of carbonyl (C=O) groups is 3. The fraction of sp³-hybridized carbons (Fsp3) is 0.200. The molecule has 164 valence electrons. The van der Waals surface area contributed by atoms with Gasteiger partial charge in [-0.25, -0.2) is 9.78 Å². The summed E-state index contributed by atoms with van der Waals surface area (Å²) in [6, 6.07) is 9.02. The van der Waals surface area contributed by atoms with E-state index >= 15 is 0 Å². The molecule has 2 aliphatic rings. The highest BCUT2D eigenvalue weighted by Gasteiger charge is 2.51. The van der Waals surface area contributed by atoms with E-state index in [1.807, 2.05) is 13.0 Å². The summed E-state index contributed by atoms with van der Waals surface area (Å²) in [6.45, 7) is 1.82. The summed E-state index contributed by atoms with van der Waals surface area (Å²) in [5.41, 5.74) is 9.64. The molecule has 0 bridgehead atoms. The van der Waals surface area contributed by atoms with Gasteiger partial charge in [-0.1, -0.05) is 54.8 Å². The van der Waals surface area contributed by atoms with Crippen LogP contribution in [0.3, 0.4) is 0 Å². The minimum absolute atomic E-state index is 0.00982. The Morgan fingerprint density at radius 3 is 2.72 bits per heavy atom. The van der Waals surface area contributed by atoms with E-state index in [4.69, 9.17) is 35.0 Å². The summed E-state index contributed by atoms with van der Waals surface area (Å²) < 4.78 is 0. The van der Waals surface area contributed by atoms with Crippen molar-refractivity contribution in [1.29, 1.82) is 0 Å². The number of aryl methyl sites for hydroxylation is 1. The van der Waals surface area contributed by atoms with Gasteiger partial charge in [-0.3, -0.25) is 14.5 Å². The van der Waals surface area contributed by atoms with E-state index in [0.29, 0.717) is 22.0 Å². The number of carbonyl (C=O) groups excluding carboxylic acids is 3. The van der Waals surface area contributed by atoms with Crippen LogP contribution in [0.25, 0.3) is 5.57 Å². The Kier molecular flexibility index (Phi) is 6.38. The topological polar surface area (TPSA) is 115 Å². The smallest absolute Gasteiger partial charge is 0.379 e. The van der Waals surface area contributed by atoms with E-state index in [1.54, 1.807) is 24.3 Å². The molecule has 0 saturated carbocycles. The number of thiazole rings is 1. The highest BCUT2D eigenvalue weighted by Crippen LogP contribution is 2.43. The Hall–Kier alpha value is -2.67. The van der Waals surface area contributed by atoms with Crippen LogP contribution in [0.5, 0.6) is 0 Å². The van der Waals surface area contributed by atoms with Crippen molar-refractivity contribution >= 4 is 80.7 Å². The summed E-state index contributed by atoms with van der Waals surface area (Å²) in [7, 11) is 0. The quantitative estimate of drug-likeness (QED) is 0.358. The predicted octanol–water partition coefficient (Wildman–Crippen LogP) is 1.90. The Morgan fingerprint density at radius 2 is 2.06 bits per heavy atom. The van der Waals surface area contributed by atoms with Crippen LogP contribution in [0.1, 0.15) is 21.1 Å². The zero-order valence-electron chi connectivity index (χ0n) is 16.6. The third-order valence-electron chi connectivity index (χ3n) is 4.75. The molecular formula is C20H16N4O4S4.